The number of esters is 2. The van der Waals surface area contributed by atoms with Crippen LogP contribution < -0.4 is 33.2 Å². The van der Waals surface area contributed by atoms with Crippen LogP contribution in [0.3, 0.4) is 0 Å². The molecule has 25 nitrogen and oxygen atoms in total. The van der Waals surface area contributed by atoms with Crippen molar-refractivity contribution in [1.29, 1.82) is 0 Å². The van der Waals surface area contributed by atoms with Gasteiger partial charge in [0.05, 0.1) is 19.8 Å². The third-order valence-corrected chi connectivity index (χ3v) is 17.5. The van der Waals surface area contributed by atoms with E-state index in [-0.39, 0.29) is 31.5 Å². The van der Waals surface area contributed by atoms with Crippen molar-refractivity contribution in [2.75, 3.05) is 68.1 Å². The van der Waals surface area contributed by atoms with E-state index in [1.54, 1.807) is 80.6 Å². The molecule has 2 atom stereocenters. The number of oxime groups is 4. The number of ether oxygens (including phenoxy) is 9. The van der Waals surface area contributed by atoms with Gasteiger partial charge in [-0.15, -0.1) is 0 Å². The molecule has 0 saturated carbocycles. The highest BCUT2D eigenvalue weighted by Gasteiger charge is 2.27. The Labute approximate surface area is 726 Å². The molecule has 0 aliphatic rings. The first kappa shape index (κ1) is 95.3. The van der Waals surface area contributed by atoms with E-state index in [0.29, 0.717) is 97.3 Å². The Hall–Kier alpha value is -15.2. The molecule has 0 saturated heterocycles. The van der Waals surface area contributed by atoms with Gasteiger partial charge in [0, 0.05) is 39.5 Å². The summed E-state index contributed by atoms with van der Waals surface area (Å²) in [6.07, 6.45) is 1.63. The van der Waals surface area contributed by atoms with Crippen LogP contribution in [0.2, 0.25) is 0 Å². The first-order valence-electron chi connectivity index (χ1n) is 39.5. The van der Waals surface area contributed by atoms with Crippen LogP contribution in [0.25, 0.3) is 6.08 Å². The molecule has 0 bridgehead atoms. The normalized spacial score (nSPS) is 11.5. The van der Waals surface area contributed by atoms with E-state index in [0.717, 1.165) is 91.4 Å². The first-order valence-corrected chi connectivity index (χ1v) is 39.5. The lowest BCUT2D eigenvalue weighted by molar-refractivity contribution is -0.159. The molecule has 0 aliphatic carbocycles. The number of phenols is 1. The van der Waals surface area contributed by atoms with Crippen LogP contribution in [0, 0.1) is 0 Å². The Morgan fingerprint density at radius 1 is 0.336 bits per heavy atom. The summed E-state index contributed by atoms with van der Waals surface area (Å²) in [6.45, 7) is 6.28. The summed E-state index contributed by atoms with van der Waals surface area (Å²) in [7, 11) is 6.05. The van der Waals surface area contributed by atoms with E-state index in [1.807, 2.05) is 243 Å². The first-order chi connectivity index (χ1) is 61.1. The van der Waals surface area contributed by atoms with Crippen LogP contribution in [-0.2, 0) is 64.8 Å². The molecular weight excluding hydrogens is 1590 g/mol. The third kappa shape index (κ3) is 34.8. The number of phenolic OH excluding ortho intramolecular Hbond substituents is 1. The molecule has 0 heterocycles. The molecule has 0 fully saturated rings. The number of aromatic hydroxyl groups is 1. The lowest BCUT2D eigenvalue weighted by Crippen LogP contribution is -2.29. The van der Waals surface area contributed by atoms with Crippen molar-refractivity contribution in [3.05, 3.63) is 388 Å². The number of benzene rings is 12. The number of hydrogen-bond acceptors (Lipinski definition) is 25. The van der Waals surface area contributed by atoms with Gasteiger partial charge in [-0.25, -0.2) is 9.59 Å². The van der Waals surface area contributed by atoms with Gasteiger partial charge in [0.25, 0.3) is 0 Å². The number of aliphatic hydroxyl groups excluding tert-OH is 3. The summed E-state index contributed by atoms with van der Waals surface area (Å²) < 4.78 is 50.2. The maximum absolute atomic E-state index is 11.6. The van der Waals surface area contributed by atoms with E-state index < -0.39 is 18.2 Å². The number of carbonyl (C=O) groups is 4. The van der Waals surface area contributed by atoms with Crippen molar-refractivity contribution in [3.8, 4) is 46.0 Å². The third-order valence-electron chi connectivity index (χ3n) is 17.5. The summed E-state index contributed by atoms with van der Waals surface area (Å²) >= 11 is 0. The van der Waals surface area contributed by atoms with Crippen molar-refractivity contribution >= 4 is 53.4 Å². The van der Waals surface area contributed by atoms with Gasteiger partial charge in [0.15, 0.2) is 6.10 Å². The Morgan fingerprint density at radius 2 is 0.608 bits per heavy atom. The average molecular weight is 1690 g/mol. The van der Waals surface area contributed by atoms with E-state index >= 15 is 0 Å². The smallest absolute Gasteiger partial charge is 0.338 e. The predicted octanol–water partition coefficient (Wildman–Crippen LogP) is 17.2. The maximum Gasteiger partial charge on any atom is 0.338 e. The molecule has 0 aromatic heterocycles. The van der Waals surface area contributed by atoms with Crippen LogP contribution in [0.5, 0.6) is 46.0 Å². The Bertz CT molecular complexity index is 5270. The number of carbonyl (C=O) groups excluding carboxylic acids is 4. The Balaban J connectivity index is 0.000000202. The molecule has 0 aliphatic heterocycles. The molecular formula is C100H100N4O21. The SMILES string of the molecule is CCOC(=O)/C=C/c1ccc(OCc2ccc(OC/C(=N\OC)c3ccccc3)cc2)cc1.CCOC(=O)C(O)C(O)c1ccc(OCc2ccc(OC/C(=N\OC)c3ccccc3)cc2)cc1.CO/N=C(\COc1ccc(CO)cc1)c1ccccc1.CO/N=C(\COc1ccc(COc2ccc(C=O)cc2)cc1)c1ccccc1.O=Cc1ccc(O)cc1. The fraction of sp³-hybridized carbons (Fsp3) is 0.180. The largest absolute Gasteiger partial charge is 0.508 e. The van der Waals surface area contributed by atoms with E-state index in [2.05, 4.69) is 20.6 Å². The summed E-state index contributed by atoms with van der Waals surface area (Å²) in [4.78, 5) is 63.4. The zero-order chi connectivity index (χ0) is 88.9. The van der Waals surface area contributed by atoms with E-state index in [1.165, 1.54) is 46.6 Å². The van der Waals surface area contributed by atoms with Crippen molar-refractivity contribution in [3.63, 3.8) is 0 Å². The zero-order valence-corrected chi connectivity index (χ0v) is 70.1. The molecule has 646 valence electrons. The Morgan fingerprint density at radius 3 is 0.896 bits per heavy atom. The predicted molar refractivity (Wildman–Crippen MR) is 478 cm³/mol. The fourth-order valence-corrected chi connectivity index (χ4v) is 11.0. The van der Waals surface area contributed by atoms with Gasteiger partial charge in [0.2, 0.25) is 0 Å². The summed E-state index contributed by atoms with van der Waals surface area (Å²) in [5, 5.41) is 53.9. The molecule has 0 radical (unpaired) electrons. The van der Waals surface area contributed by atoms with Crippen LogP contribution in [0.15, 0.2) is 342 Å². The summed E-state index contributed by atoms with van der Waals surface area (Å²) in [5.74, 6) is 3.88. The second-order valence-electron chi connectivity index (χ2n) is 26.4. The molecule has 0 amide bonds. The topological polar surface area (TPSA) is 319 Å². The van der Waals surface area contributed by atoms with Crippen molar-refractivity contribution < 1.29 is 102 Å². The minimum Gasteiger partial charge on any atom is -0.508 e. The summed E-state index contributed by atoms with van der Waals surface area (Å²) in [6, 6.07) is 96.2. The minimum atomic E-state index is -1.65. The molecule has 125 heavy (non-hydrogen) atoms. The maximum atomic E-state index is 11.6. The molecule has 0 spiro atoms. The molecule has 12 aromatic carbocycles. The molecule has 12 aromatic rings. The molecule has 12 rings (SSSR count). The van der Waals surface area contributed by atoms with E-state index in [4.69, 9.17) is 72.2 Å². The van der Waals surface area contributed by atoms with Gasteiger partial charge in [-0.2, -0.15) is 0 Å². The molecule has 4 N–H and O–H groups in total. The van der Waals surface area contributed by atoms with Crippen molar-refractivity contribution in [2.24, 2.45) is 20.6 Å². The van der Waals surface area contributed by atoms with Crippen LogP contribution in [0.1, 0.15) is 96.3 Å². The Kier molecular flexibility index (Phi) is 41.8. The van der Waals surface area contributed by atoms with Crippen LogP contribution in [-0.4, -0.2) is 142 Å². The van der Waals surface area contributed by atoms with Gasteiger partial charge in [-0.3, -0.25) is 9.59 Å². The van der Waals surface area contributed by atoms with Crippen molar-refractivity contribution in [1.82, 2.24) is 0 Å². The second kappa shape index (κ2) is 54.9. The number of rotatable bonds is 39. The van der Waals surface area contributed by atoms with Crippen molar-refractivity contribution in [2.45, 2.75) is 52.5 Å². The number of aliphatic hydroxyl groups is 3. The van der Waals surface area contributed by atoms with Gasteiger partial charge in [-0.05, 0) is 175 Å². The zero-order valence-electron chi connectivity index (χ0n) is 70.1. The lowest BCUT2D eigenvalue weighted by atomic mass is 10.0. The second-order valence-corrected chi connectivity index (χ2v) is 26.4. The summed E-state index contributed by atoms with van der Waals surface area (Å²) in [5.41, 5.74) is 12.9. The molecule has 2 unspecified atom stereocenters. The van der Waals surface area contributed by atoms with Gasteiger partial charge in [-0.1, -0.05) is 215 Å². The minimum absolute atomic E-state index is 0.0285. The highest BCUT2D eigenvalue weighted by molar-refractivity contribution is 6.03. The average Bonchev–Trinajstić information content (AvgIpc) is 0.953. The lowest BCUT2D eigenvalue weighted by Gasteiger charge is -2.17. The van der Waals surface area contributed by atoms with Crippen LogP contribution in [0.4, 0.5) is 0 Å². The monoisotopic (exact) mass is 1690 g/mol. The van der Waals surface area contributed by atoms with Gasteiger partial charge < -0.3 is 82.4 Å². The fourth-order valence-electron chi connectivity index (χ4n) is 11.0. The van der Waals surface area contributed by atoms with Crippen LogP contribution >= 0.6 is 0 Å². The standard InChI is InChI=1S/C27H29NO7.C27H27NO5.C23H21NO4.C16H17NO3.C7H6O2/c1-3-33-27(31)26(30)25(29)21-11-15-23(16-12-21)34-17-19-9-13-22(14-10-19)35-18-24(28-32-2)20-7-5-4-6-8-20;1-3-31-27(29)18-13-21-9-14-24(15-10-21)32-19-22-11-16-25(17-12-22)33-20-26(28-30-2)23-7-5-4-6-8-23;1-26-24-23(20-5-3-2-4-6-20)17-28-22-13-9-19(10-14-22)16-27-21-11-7-18(15-25)8-12-21;1-19-17-16(14-5-3-2-4-6-14)12-20-15-9-7-13(11-18)8-10-15;8-5-6-1-3-7(9)4-2-6/h4-16,25-26,29-30H,3,17-18H2,1-2H3;4-18H,3,19-20H2,1-2H3;2-15H,16-17H2,1H3;2-10,18H,11-12H2,1H3;1-5,9H/b28-24+;18-13+,28-26+;24-23+;17-16+;. The number of aldehydes is 2. The molecule has 25 heteroatoms. The van der Waals surface area contributed by atoms with E-state index in [9.17, 15) is 29.4 Å². The number of hydrogen-bond donors (Lipinski definition) is 4. The van der Waals surface area contributed by atoms with Gasteiger partial charge in [0.1, 0.15) is 162 Å². The van der Waals surface area contributed by atoms with Gasteiger partial charge >= 0.3 is 11.9 Å². The quantitative estimate of drug-likeness (QED) is 0.00914. The number of nitrogens with zero attached hydrogens (tertiary/aromatic N) is 4. The highest BCUT2D eigenvalue weighted by Crippen LogP contribution is 2.25. The highest BCUT2D eigenvalue weighted by atomic mass is 16.6.